The summed E-state index contributed by atoms with van der Waals surface area (Å²) in [5, 5.41) is 0. The highest BCUT2D eigenvalue weighted by Crippen LogP contribution is 2.17. The van der Waals surface area contributed by atoms with Gasteiger partial charge in [0.25, 0.3) is 0 Å². The molecule has 0 radical (unpaired) electrons. The Labute approximate surface area is 100 Å². The quantitative estimate of drug-likeness (QED) is 0.797. The van der Waals surface area contributed by atoms with Gasteiger partial charge in [0.2, 0.25) is 0 Å². The third-order valence-corrected chi connectivity index (χ3v) is 2.32. The Hall–Kier alpha value is -1.78. The molecule has 1 aromatic rings. The topological polar surface area (TPSA) is 68.4 Å². The zero-order valence-electron chi connectivity index (χ0n) is 10.3. The molecule has 5 heteroatoms. The van der Waals surface area contributed by atoms with Gasteiger partial charge in [0.15, 0.2) is 0 Å². The first-order chi connectivity index (χ1) is 8.15. The van der Waals surface area contributed by atoms with Crippen molar-refractivity contribution in [1.82, 2.24) is 4.98 Å². The van der Waals surface area contributed by atoms with Crippen molar-refractivity contribution >= 4 is 11.9 Å². The fourth-order valence-corrected chi connectivity index (χ4v) is 1.60. The molecule has 0 aromatic carbocycles. The molecule has 1 rings (SSSR count). The molecule has 0 amide bonds. The maximum absolute atomic E-state index is 11.6. The number of esters is 2. The van der Waals surface area contributed by atoms with Crippen LogP contribution in [-0.2, 0) is 15.9 Å². The van der Waals surface area contributed by atoms with Crippen LogP contribution in [0.25, 0.3) is 0 Å². The number of rotatable bonds is 5. The average Bonchev–Trinajstić information content (AvgIpc) is 2.73. The maximum atomic E-state index is 11.6. The van der Waals surface area contributed by atoms with Crippen molar-refractivity contribution in [3.8, 4) is 0 Å². The van der Waals surface area contributed by atoms with E-state index in [1.165, 1.54) is 6.20 Å². The van der Waals surface area contributed by atoms with Crippen LogP contribution in [0.4, 0.5) is 0 Å². The second-order valence-electron chi connectivity index (χ2n) is 3.35. The second kappa shape index (κ2) is 6.08. The van der Waals surface area contributed by atoms with E-state index in [1.807, 2.05) is 6.92 Å². The SMILES string of the molecule is CCOC(=O)c1c[nH]c(C(=O)OCC)c1CC. The van der Waals surface area contributed by atoms with Gasteiger partial charge in [-0.15, -0.1) is 0 Å². The molecule has 0 spiro atoms. The Morgan fingerprint density at radius 1 is 1.12 bits per heavy atom. The zero-order chi connectivity index (χ0) is 12.8. The van der Waals surface area contributed by atoms with E-state index in [0.29, 0.717) is 36.5 Å². The first-order valence-corrected chi connectivity index (χ1v) is 5.70. The molecule has 0 unspecified atom stereocenters. The van der Waals surface area contributed by atoms with Gasteiger partial charge in [-0.05, 0) is 25.8 Å². The number of H-pyrrole nitrogens is 1. The second-order valence-corrected chi connectivity index (χ2v) is 3.35. The van der Waals surface area contributed by atoms with Crippen LogP contribution < -0.4 is 0 Å². The van der Waals surface area contributed by atoms with Gasteiger partial charge in [-0.2, -0.15) is 0 Å². The van der Waals surface area contributed by atoms with E-state index in [9.17, 15) is 9.59 Å². The fraction of sp³-hybridized carbons (Fsp3) is 0.500. The van der Waals surface area contributed by atoms with Gasteiger partial charge in [-0.3, -0.25) is 0 Å². The lowest BCUT2D eigenvalue weighted by atomic mass is 10.1. The molecular weight excluding hydrogens is 222 g/mol. The van der Waals surface area contributed by atoms with Crippen molar-refractivity contribution in [2.75, 3.05) is 13.2 Å². The Kier molecular flexibility index (Phi) is 4.75. The van der Waals surface area contributed by atoms with Crippen LogP contribution in [-0.4, -0.2) is 30.1 Å². The first kappa shape index (κ1) is 13.3. The van der Waals surface area contributed by atoms with Crippen LogP contribution in [0.2, 0.25) is 0 Å². The van der Waals surface area contributed by atoms with E-state index < -0.39 is 11.9 Å². The van der Waals surface area contributed by atoms with Gasteiger partial charge >= 0.3 is 11.9 Å². The lowest BCUT2D eigenvalue weighted by Gasteiger charge is -2.04. The summed E-state index contributed by atoms with van der Waals surface area (Å²) in [7, 11) is 0. The number of hydrogen-bond donors (Lipinski definition) is 1. The van der Waals surface area contributed by atoms with Crippen molar-refractivity contribution in [2.45, 2.75) is 27.2 Å². The molecule has 1 heterocycles. The predicted octanol–water partition coefficient (Wildman–Crippen LogP) is 1.93. The molecule has 5 nitrogen and oxygen atoms in total. The monoisotopic (exact) mass is 239 g/mol. The number of carbonyl (C=O) groups is 2. The Morgan fingerprint density at radius 3 is 2.24 bits per heavy atom. The highest BCUT2D eigenvalue weighted by atomic mass is 16.5. The zero-order valence-corrected chi connectivity index (χ0v) is 10.3. The highest BCUT2D eigenvalue weighted by molar-refractivity contribution is 5.97. The molecule has 0 aliphatic carbocycles. The predicted molar refractivity (Wildman–Crippen MR) is 62.1 cm³/mol. The summed E-state index contributed by atoms with van der Waals surface area (Å²) in [5.74, 6) is -0.865. The molecule has 0 atom stereocenters. The normalized spacial score (nSPS) is 10.1. The smallest absolute Gasteiger partial charge is 0.355 e. The van der Waals surface area contributed by atoms with Crippen molar-refractivity contribution in [2.24, 2.45) is 0 Å². The molecule has 0 saturated heterocycles. The summed E-state index contributed by atoms with van der Waals surface area (Å²) in [4.78, 5) is 26.0. The number of aromatic amines is 1. The fourth-order valence-electron chi connectivity index (χ4n) is 1.60. The molecule has 1 aromatic heterocycles. The standard InChI is InChI=1S/C12H17NO4/c1-4-8-9(11(14)16-5-2)7-13-10(8)12(15)17-6-3/h7,13H,4-6H2,1-3H3. The van der Waals surface area contributed by atoms with Gasteiger partial charge < -0.3 is 14.5 Å². The van der Waals surface area contributed by atoms with Gasteiger partial charge in [0, 0.05) is 6.20 Å². The van der Waals surface area contributed by atoms with Crippen molar-refractivity contribution in [3.05, 3.63) is 23.0 Å². The van der Waals surface area contributed by atoms with E-state index in [1.54, 1.807) is 13.8 Å². The van der Waals surface area contributed by atoms with E-state index in [-0.39, 0.29) is 0 Å². The third-order valence-electron chi connectivity index (χ3n) is 2.32. The molecule has 17 heavy (non-hydrogen) atoms. The molecule has 0 bridgehead atoms. The minimum Gasteiger partial charge on any atom is -0.462 e. The molecule has 1 N–H and O–H groups in total. The first-order valence-electron chi connectivity index (χ1n) is 5.70. The maximum Gasteiger partial charge on any atom is 0.355 e. The van der Waals surface area contributed by atoms with Crippen LogP contribution in [0.1, 0.15) is 47.2 Å². The summed E-state index contributed by atoms with van der Waals surface area (Å²) in [6, 6.07) is 0. The van der Waals surface area contributed by atoms with E-state index in [0.717, 1.165) is 0 Å². The van der Waals surface area contributed by atoms with Gasteiger partial charge in [0.05, 0.1) is 18.8 Å². The van der Waals surface area contributed by atoms with Gasteiger partial charge in [-0.1, -0.05) is 6.92 Å². The summed E-state index contributed by atoms with van der Waals surface area (Å²) in [5.41, 5.74) is 1.37. The van der Waals surface area contributed by atoms with Crippen LogP contribution in [0.3, 0.4) is 0 Å². The highest BCUT2D eigenvalue weighted by Gasteiger charge is 2.21. The number of hydrogen-bond acceptors (Lipinski definition) is 4. The van der Waals surface area contributed by atoms with E-state index >= 15 is 0 Å². The van der Waals surface area contributed by atoms with Crippen molar-refractivity contribution in [1.29, 1.82) is 0 Å². The molecule has 0 aliphatic heterocycles. The third kappa shape index (κ3) is 2.87. The van der Waals surface area contributed by atoms with E-state index in [4.69, 9.17) is 9.47 Å². The van der Waals surface area contributed by atoms with Crippen LogP contribution in [0.5, 0.6) is 0 Å². The number of carbonyl (C=O) groups excluding carboxylic acids is 2. The molecule has 0 aliphatic rings. The van der Waals surface area contributed by atoms with Crippen molar-refractivity contribution < 1.29 is 19.1 Å². The largest absolute Gasteiger partial charge is 0.462 e. The Morgan fingerprint density at radius 2 is 1.71 bits per heavy atom. The van der Waals surface area contributed by atoms with Gasteiger partial charge in [-0.25, -0.2) is 9.59 Å². The minimum atomic E-state index is -0.445. The van der Waals surface area contributed by atoms with Crippen LogP contribution in [0.15, 0.2) is 6.20 Å². The molecule has 0 fully saturated rings. The molecular formula is C12H17NO4. The number of ether oxygens (including phenoxy) is 2. The number of nitrogens with one attached hydrogen (secondary N) is 1. The summed E-state index contributed by atoms with van der Waals surface area (Å²) >= 11 is 0. The Balaban J connectivity index is 3.02. The van der Waals surface area contributed by atoms with Crippen LogP contribution >= 0.6 is 0 Å². The Bertz CT molecular complexity index is 373. The minimum absolute atomic E-state index is 0.301. The molecule has 0 saturated carbocycles. The summed E-state index contributed by atoms with van der Waals surface area (Å²) < 4.78 is 9.81. The molecule has 94 valence electrons. The van der Waals surface area contributed by atoms with Gasteiger partial charge in [0.1, 0.15) is 5.69 Å². The van der Waals surface area contributed by atoms with E-state index in [2.05, 4.69) is 4.98 Å². The van der Waals surface area contributed by atoms with Crippen LogP contribution in [0, 0.1) is 0 Å². The lowest BCUT2D eigenvalue weighted by molar-refractivity contribution is 0.0518. The summed E-state index contributed by atoms with van der Waals surface area (Å²) in [6.07, 6.45) is 2.05. The number of aromatic nitrogens is 1. The summed E-state index contributed by atoms with van der Waals surface area (Å²) in [6.45, 7) is 5.95. The lowest BCUT2D eigenvalue weighted by Crippen LogP contribution is -2.10. The average molecular weight is 239 g/mol. The van der Waals surface area contributed by atoms with Crippen molar-refractivity contribution in [3.63, 3.8) is 0 Å².